The van der Waals surface area contributed by atoms with Gasteiger partial charge in [-0.15, -0.1) is 22.7 Å². The topological polar surface area (TPSA) is 71.5 Å². The third-order valence-corrected chi connectivity index (χ3v) is 7.69. The van der Waals surface area contributed by atoms with Crippen molar-refractivity contribution in [3.63, 3.8) is 0 Å². The van der Waals surface area contributed by atoms with Gasteiger partial charge in [0.2, 0.25) is 0 Å². The van der Waals surface area contributed by atoms with Crippen LogP contribution in [0, 0.1) is 0 Å². The van der Waals surface area contributed by atoms with Gasteiger partial charge >= 0.3 is 0 Å². The molecule has 0 amide bonds. The summed E-state index contributed by atoms with van der Waals surface area (Å²) in [5, 5.41) is 4.66. The molecule has 0 atom stereocenters. The van der Waals surface area contributed by atoms with E-state index < -0.39 is 0 Å². The number of fused-ring (bicyclic) bond motifs is 2. The lowest BCUT2D eigenvalue weighted by Gasteiger charge is -2.03. The molecular weight excluding hydrogens is 420 g/mol. The summed E-state index contributed by atoms with van der Waals surface area (Å²) in [7, 11) is 0. The fourth-order valence-corrected chi connectivity index (χ4v) is 6.01. The Bertz CT molecular complexity index is 1370. The number of hydrogen-bond donors (Lipinski definition) is 1. The molecule has 0 unspecified atom stereocenters. The van der Waals surface area contributed by atoms with Gasteiger partial charge in [-0.05, 0) is 18.1 Å². The number of aromatic nitrogens is 4. The Morgan fingerprint density at radius 3 is 2.83 bits per heavy atom. The molecule has 4 heterocycles. The Hall–Kier alpha value is -2.55. The highest BCUT2D eigenvalue weighted by Gasteiger charge is 2.14. The number of benzene rings is 1. The molecule has 0 bridgehead atoms. The Morgan fingerprint density at radius 1 is 1.14 bits per heavy atom. The number of thiophene rings is 2. The van der Waals surface area contributed by atoms with E-state index in [4.69, 9.17) is 4.98 Å². The second-order valence-corrected chi connectivity index (χ2v) is 9.40. The molecule has 1 aromatic carbocycles. The lowest BCUT2D eigenvalue weighted by Crippen LogP contribution is -2.10. The highest BCUT2D eigenvalue weighted by molar-refractivity contribution is 7.98. The SMILES string of the molecule is CCc1cc2c(SCc3nc4scc(-c5ccccc5)c4c(=O)[nH]3)ncnc2s1. The molecule has 0 fully saturated rings. The quantitative estimate of drug-likeness (QED) is 0.290. The first-order chi connectivity index (χ1) is 14.2. The molecule has 0 radical (unpaired) electrons. The zero-order valence-corrected chi connectivity index (χ0v) is 18.0. The predicted molar refractivity (Wildman–Crippen MR) is 122 cm³/mol. The van der Waals surface area contributed by atoms with Gasteiger partial charge in [-0.1, -0.05) is 49.0 Å². The first kappa shape index (κ1) is 18.5. The molecule has 5 nitrogen and oxygen atoms in total. The van der Waals surface area contributed by atoms with E-state index in [0.29, 0.717) is 17.0 Å². The number of nitrogens with one attached hydrogen (secondary N) is 1. The van der Waals surface area contributed by atoms with Crippen LogP contribution < -0.4 is 5.56 Å². The number of hydrogen-bond acceptors (Lipinski definition) is 7. The number of H-pyrrole nitrogens is 1. The monoisotopic (exact) mass is 436 g/mol. The van der Waals surface area contributed by atoms with Crippen molar-refractivity contribution in [3.8, 4) is 11.1 Å². The summed E-state index contributed by atoms with van der Waals surface area (Å²) in [4.78, 5) is 32.3. The first-order valence-electron chi connectivity index (χ1n) is 9.15. The largest absolute Gasteiger partial charge is 0.309 e. The summed E-state index contributed by atoms with van der Waals surface area (Å²) in [6.45, 7) is 2.14. The highest BCUT2D eigenvalue weighted by atomic mass is 32.2. The second-order valence-electron chi connectivity index (χ2n) is 6.46. The smallest absolute Gasteiger partial charge is 0.260 e. The molecule has 5 aromatic rings. The van der Waals surface area contributed by atoms with Crippen LogP contribution in [0.5, 0.6) is 0 Å². The zero-order valence-electron chi connectivity index (χ0n) is 15.5. The van der Waals surface area contributed by atoms with Crippen molar-refractivity contribution >= 4 is 54.9 Å². The minimum absolute atomic E-state index is 0.0951. The molecule has 0 saturated heterocycles. The number of rotatable bonds is 5. The molecule has 4 aromatic heterocycles. The third kappa shape index (κ3) is 3.48. The number of aromatic amines is 1. The Morgan fingerprint density at radius 2 is 2.00 bits per heavy atom. The molecule has 0 saturated carbocycles. The van der Waals surface area contributed by atoms with Crippen LogP contribution in [-0.4, -0.2) is 19.9 Å². The average Bonchev–Trinajstić information content (AvgIpc) is 3.37. The van der Waals surface area contributed by atoms with Crippen LogP contribution in [0.25, 0.3) is 31.6 Å². The van der Waals surface area contributed by atoms with E-state index in [9.17, 15) is 4.79 Å². The molecule has 29 heavy (non-hydrogen) atoms. The van der Waals surface area contributed by atoms with E-state index in [1.165, 1.54) is 16.2 Å². The summed E-state index contributed by atoms with van der Waals surface area (Å²) in [5.74, 6) is 1.21. The molecule has 144 valence electrons. The van der Waals surface area contributed by atoms with Crippen LogP contribution >= 0.6 is 34.4 Å². The Balaban J connectivity index is 1.46. The van der Waals surface area contributed by atoms with Crippen LogP contribution in [0.4, 0.5) is 0 Å². The van der Waals surface area contributed by atoms with Gasteiger partial charge in [0.15, 0.2) is 0 Å². The molecule has 5 rings (SSSR count). The second kappa shape index (κ2) is 7.70. The van der Waals surface area contributed by atoms with Crippen molar-refractivity contribution in [1.29, 1.82) is 0 Å². The van der Waals surface area contributed by atoms with Crippen LogP contribution in [0.3, 0.4) is 0 Å². The fraction of sp³-hybridized carbons (Fsp3) is 0.143. The van der Waals surface area contributed by atoms with Crippen LogP contribution in [0.15, 0.2) is 57.9 Å². The third-order valence-electron chi connectivity index (χ3n) is 4.62. The van der Waals surface area contributed by atoms with E-state index in [2.05, 4.69) is 27.9 Å². The van der Waals surface area contributed by atoms with Crippen molar-refractivity contribution in [2.24, 2.45) is 0 Å². The van der Waals surface area contributed by atoms with Crippen LogP contribution in [0.2, 0.25) is 0 Å². The van der Waals surface area contributed by atoms with Crippen molar-refractivity contribution in [2.45, 2.75) is 24.1 Å². The van der Waals surface area contributed by atoms with E-state index in [-0.39, 0.29) is 5.56 Å². The van der Waals surface area contributed by atoms with Gasteiger partial charge in [-0.2, -0.15) is 0 Å². The first-order valence-corrected chi connectivity index (χ1v) is 11.8. The maximum absolute atomic E-state index is 12.8. The van der Waals surface area contributed by atoms with E-state index in [1.54, 1.807) is 29.4 Å². The molecule has 1 N–H and O–H groups in total. The Kier molecular flexibility index (Phi) is 4.91. The normalized spacial score (nSPS) is 11.5. The van der Waals surface area contributed by atoms with E-state index in [0.717, 1.165) is 37.6 Å². The van der Waals surface area contributed by atoms with Gasteiger partial charge in [0.05, 0.1) is 11.1 Å². The van der Waals surface area contributed by atoms with Gasteiger partial charge < -0.3 is 4.98 Å². The summed E-state index contributed by atoms with van der Waals surface area (Å²) < 4.78 is 0. The van der Waals surface area contributed by atoms with Crippen LogP contribution in [-0.2, 0) is 12.2 Å². The number of thioether (sulfide) groups is 1. The zero-order chi connectivity index (χ0) is 19.8. The summed E-state index contributed by atoms with van der Waals surface area (Å²) in [5.41, 5.74) is 1.87. The lowest BCUT2D eigenvalue weighted by molar-refractivity contribution is 1.04. The summed E-state index contributed by atoms with van der Waals surface area (Å²) in [6.07, 6.45) is 2.59. The van der Waals surface area contributed by atoms with Crippen molar-refractivity contribution in [3.05, 3.63) is 69.2 Å². The van der Waals surface area contributed by atoms with Gasteiger partial charge in [-0.25, -0.2) is 15.0 Å². The maximum Gasteiger partial charge on any atom is 0.260 e. The summed E-state index contributed by atoms with van der Waals surface area (Å²) in [6, 6.07) is 12.1. The minimum Gasteiger partial charge on any atom is -0.309 e. The molecule has 0 aliphatic carbocycles. The van der Waals surface area contributed by atoms with Gasteiger partial charge in [-0.3, -0.25) is 4.79 Å². The number of nitrogens with zero attached hydrogens (tertiary/aromatic N) is 3. The standard InChI is InChI=1S/C21H16N4OS3/c1-2-13-8-14-19(22-11-23-20(14)29-13)28-10-16-24-18(26)17-15(9-27-21(17)25-16)12-6-4-3-5-7-12/h3-9,11H,2,10H2,1H3,(H,24,25,26). The Labute approximate surface area is 178 Å². The fourth-order valence-electron chi connectivity index (χ4n) is 3.20. The van der Waals surface area contributed by atoms with Crippen molar-refractivity contribution in [1.82, 2.24) is 19.9 Å². The molecule has 0 aliphatic heterocycles. The molecular formula is C21H16N4OS3. The van der Waals surface area contributed by atoms with Gasteiger partial charge in [0.25, 0.3) is 5.56 Å². The minimum atomic E-state index is -0.0951. The van der Waals surface area contributed by atoms with Gasteiger partial charge in [0.1, 0.15) is 26.8 Å². The lowest BCUT2D eigenvalue weighted by atomic mass is 10.1. The van der Waals surface area contributed by atoms with E-state index in [1.807, 2.05) is 35.7 Å². The maximum atomic E-state index is 12.8. The average molecular weight is 437 g/mol. The molecule has 0 spiro atoms. The van der Waals surface area contributed by atoms with E-state index >= 15 is 0 Å². The van der Waals surface area contributed by atoms with Crippen LogP contribution in [0.1, 0.15) is 17.6 Å². The van der Waals surface area contributed by atoms with Crippen molar-refractivity contribution < 1.29 is 0 Å². The predicted octanol–water partition coefficient (Wildman–Crippen LogP) is 5.51. The molecule has 0 aliphatic rings. The highest BCUT2D eigenvalue weighted by Crippen LogP contribution is 2.33. The molecule has 8 heteroatoms. The number of aryl methyl sites for hydroxylation is 1. The summed E-state index contributed by atoms with van der Waals surface area (Å²) >= 11 is 4.78. The van der Waals surface area contributed by atoms with Gasteiger partial charge in [0, 0.05) is 21.2 Å². The van der Waals surface area contributed by atoms with Crippen molar-refractivity contribution in [2.75, 3.05) is 0 Å².